The fourth-order valence-corrected chi connectivity index (χ4v) is 3.30. The summed E-state index contributed by atoms with van der Waals surface area (Å²) in [5.41, 5.74) is 1.71. The van der Waals surface area contributed by atoms with E-state index >= 15 is 0 Å². The van der Waals surface area contributed by atoms with E-state index in [1.165, 1.54) is 6.92 Å². The van der Waals surface area contributed by atoms with Crippen LogP contribution in [0.1, 0.15) is 12.5 Å². The fourth-order valence-electron chi connectivity index (χ4n) is 2.25. The highest BCUT2D eigenvalue weighted by atomic mass is 35.5. The number of hydrogen-bond acceptors (Lipinski definition) is 4. The minimum absolute atomic E-state index is 0. The van der Waals surface area contributed by atoms with Crippen molar-refractivity contribution in [2.45, 2.75) is 18.2 Å². The second kappa shape index (κ2) is 7.22. The third-order valence-electron chi connectivity index (χ3n) is 3.31. The molecule has 0 aliphatic carbocycles. The van der Waals surface area contributed by atoms with Gasteiger partial charge in [0.25, 0.3) is 0 Å². The van der Waals surface area contributed by atoms with E-state index in [1.807, 2.05) is 0 Å². The molecule has 0 atom stereocenters. The predicted molar refractivity (Wildman–Crippen MR) is 84.5 cm³/mol. The van der Waals surface area contributed by atoms with Gasteiger partial charge in [0.05, 0.1) is 4.90 Å². The average Bonchev–Trinajstić information content (AvgIpc) is 2.81. The summed E-state index contributed by atoms with van der Waals surface area (Å²) >= 11 is 0. The number of nitrogens with one attached hydrogen (secondary N) is 2. The van der Waals surface area contributed by atoms with E-state index in [0.29, 0.717) is 25.3 Å². The largest absolute Gasteiger partial charge is 0.318 e. The van der Waals surface area contributed by atoms with Crippen LogP contribution in [-0.4, -0.2) is 41.0 Å². The van der Waals surface area contributed by atoms with Gasteiger partial charge in [0.2, 0.25) is 15.9 Å². The summed E-state index contributed by atoms with van der Waals surface area (Å²) in [5, 5.41) is 2.88. The first-order valence-corrected chi connectivity index (χ1v) is 7.99. The van der Waals surface area contributed by atoms with E-state index < -0.39 is 10.0 Å². The third kappa shape index (κ3) is 3.94. The highest BCUT2D eigenvalue weighted by Gasteiger charge is 2.24. The molecule has 1 aliphatic rings. The molecule has 6 nitrogen and oxygen atoms in total. The number of hydrogen-bond donors (Lipinski definition) is 2. The molecule has 1 aromatic carbocycles. The maximum absolute atomic E-state index is 12.1. The smallest absolute Gasteiger partial charge is 0.240 e. The minimum Gasteiger partial charge on any atom is -0.318 e. The number of fused-ring (bicyclic) bond motifs is 1. The Morgan fingerprint density at radius 1 is 1.33 bits per heavy atom. The molecule has 2 rings (SSSR count). The molecule has 0 spiro atoms. The topological polar surface area (TPSA) is 78.5 Å². The lowest BCUT2D eigenvalue weighted by atomic mass is 10.2. The summed E-state index contributed by atoms with van der Waals surface area (Å²) < 4.78 is 26.8. The highest BCUT2D eigenvalue weighted by Crippen LogP contribution is 2.30. The predicted octanol–water partition coefficient (Wildman–Crippen LogP) is 0.515. The molecule has 1 aromatic rings. The Balaban J connectivity index is 0.00000220. The van der Waals surface area contributed by atoms with Gasteiger partial charge in [-0.25, -0.2) is 13.1 Å². The zero-order valence-electron chi connectivity index (χ0n) is 12.0. The van der Waals surface area contributed by atoms with Gasteiger partial charge in [-0.15, -0.1) is 12.4 Å². The Bertz CT molecular complexity index is 619. The van der Waals surface area contributed by atoms with Crippen molar-refractivity contribution in [2.75, 3.05) is 31.6 Å². The molecular weight excluding hydrogens is 314 g/mol. The van der Waals surface area contributed by atoms with Crippen LogP contribution >= 0.6 is 12.4 Å². The molecule has 1 heterocycles. The van der Waals surface area contributed by atoms with Crippen molar-refractivity contribution in [2.24, 2.45) is 0 Å². The van der Waals surface area contributed by atoms with Crippen molar-refractivity contribution in [3.8, 4) is 0 Å². The number of amides is 1. The summed E-state index contributed by atoms with van der Waals surface area (Å²) in [6.07, 6.45) is 0.766. The van der Waals surface area contributed by atoms with Crippen LogP contribution in [0, 0.1) is 0 Å². The number of halogens is 1. The van der Waals surface area contributed by atoms with Gasteiger partial charge >= 0.3 is 0 Å². The Morgan fingerprint density at radius 2 is 2.05 bits per heavy atom. The lowest BCUT2D eigenvalue weighted by molar-refractivity contribution is -0.116. The zero-order valence-corrected chi connectivity index (χ0v) is 13.7. The Labute approximate surface area is 131 Å². The van der Waals surface area contributed by atoms with Crippen LogP contribution in [0.3, 0.4) is 0 Å². The normalized spacial score (nSPS) is 13.7. The fraction of sp³-hybridized carbons (Fsp3) is 0.462. The van der Waals surface area contributed by atoms with Crippen LogP contribution in [-0.2, 0) is 21.2 Å². The van der Waals surface area contributed by atoms with Crippen molar-refractivity contribution in [3.05, 3.63) is 23.8 Å². The van der Waals surface area contributed by atoms with Crippen molar-refractivity contribution >= 4 is 34.0 Å². The van der Waals surface area contributed by atoms with Crippen LogP contribution in [0.25, 0.3) is 0 Å². The van der Waals surface area contributed by atoms with E-state index in [0.717, 1.165) is 12.0 Å². The number of likely N-dealkylation sites (N-methyl/N-ethyl adjacent to an activating group) is 1. The van der Waals surface area contributed by atoms with E-state index in [9.17, 15) is 13.2 Å². The summed E-state index contributed by atoms with van der Waals surface area (Å²) in [7, 11) is -1.77. The van der Waals surface area contributed by atoms with Crippen LogP contribution in [0.15, 0.2) is 23.1 Å². The maximum Gasteiger partial charge on any atom is 0.240 e. The van der Waals surface area contributed by atoms with E-state index in [1.54, 1.807) is 30.1 Å². The third-order valence-corrected chi connectivity index (χ3v) is 4.77. The first kappa shape index (κ1) is 17.9. The van der Waals surface area contributed by atoms with E-state index in [2.05, 4.69) is 10.0 Å². The first-order valence-electron chi connectivity index (χ1n) is 6.51. The number of carbonyl (C=O) groups is 1. The lowest BCUT2D eigenvalue weighted by Crippen LogP contribution is -2.31. The summed E-state index contributed by atoms with van der Waals surface area (Å²) in [6.45, 7) is 2.98. The Kier molecular flexibility index (Phi) is 6.15. The zero-order chi connectivity index (χ0) is 14.8. The van der Waals surface area contributed by atoms with Gasteiger partial charge in [0.15, 0.2) is 0 Å². The second-order valence-corrected chi connectivity index (χ2v) is 6.48. The van der Waals surface area contributed by atoms with E-state index in [-0.39, 0.29) is 23.2 Å². The van der Waals surface area contributed by atoms with Gasteiger partial charge in [-0.1, -0.05) is 6.07 Å². The van der Waals surface area contributed by atoms with Crippen molar-refractivity contribution in [3.63, 3.8) is 0 Å². The molecule has 21 heavy (non-hydrogen) atoms. The number of benzene rings is 1. The molecule has 2 N–H and O–H groups in total. The number of anilines is 1. The van der Waals surface area contributed by atoms with Crippen molar-refractivity contribution in [1.29, 1.82) is 0 Å². The molecule has 1 amide bonds. The lowest BCUT2D eigenvalue weighted by Gasteiger charge is -2.15. The van der Waals surface area contributed by atoms with Gasteiger partial charge in [-0.2, -0.15) is 0 Å². The molecule has 118 valence electrons. The molecule has 0 saturated heterocycles. The Hall–Kier alpha value is -1.15. The van der Waals surface area contributed by atoms with Gasteiger partial charge in [-0.05, 0) is 31.2 Å². The monoisotopic (exact) mass is 333 g/mol. The molecule has 0 unspecified atom stereocenters. The molecule has 0 aromatic heterocycles. The maximum atomic E-state index is 12.1. The molecule has 8 heteroatoms. The van der Waals surface area contributed by atoms with Crippen LogP contribution < -0.4 is 14.9 Å². The quantitative estimate of drug-likeness (QED) is 0.770. The molecular formula is C13H20ClN3O3S. The SMILES string of the molecule is CNCCNS(=O)(=O)c1ccc2c(c1)N(C(C)=O)CC2.Cl. The summed E-state index contributed by atoms with van der Waals surface area (Å²) in [5.74, 6) is -0.0681. The first-order chi connectivity index (χ1) is 9.45. The van der Waals surface area contributed by atoms with E-state index in [4.69, 9.17) is 0 Å². The molecule has 1 aliphatic heterocycles. The second-order valence-electron chi connectivity index (χ2n) is 4.71. The number of carbonyl (C=O) groups excluding carboxylic acids is 1. The molecule has 0 bridgehead atoms. The minimum atomic E-state index is -3.53. The number of nitrogens with zero attached hydrogens (tertiary/aromatic N) is 1. The standard InChI is InChI=1S/C13H19N3O3S.ClH/c1-10(17)16-8-5-11-3-4-12(9-13(11)16)20(18,19)15-7-6-14-2;/h3-4,9,14-15H,5-8H2,1-2H3;1H. The van der Waals surface area contributed by atoms with Gasteiger partial charge in [0.1, 0.15) is 0 Å². The van der Waals surface area contributed by atoms with Crippen LogP contribution in [0.2, 0.25) is 0 Å². The highest BCUT2D eigenvalue weighted by molar-refractivity contribution is 7.89. The van der Waals surface area contributed by atoms with Gasteiger partial charge in [-0.3, -0.25) is 4.79 Å². The average molecular weight is 334 g/mol. The summed E-state index contributed by atoms with van der Waals surface area (Å²) in [6, 6.07) is 4.94. The van der Waals surface area contributed by atoms with Crippen LogP contribution in [0.4, 0.5) is 5.69 Å². The van der Waals surface area contributed by atoms with Crippen molar-refractivity contribution < 1.29 is 13.2 Å². The molecule has 0 fully saturated rings. The van der Waals surface area contributed by atoms with Crippen LogP contribution in [0.5, 0.6) is 0 Å². The summed E-state index contributed by atoms with van der Waals surface area (Å²) in [4.78, 5) is 13.3. The Morgan fingerprint density at radius 3 is 2.67 bits per heavy atom. The number of sulfonamides is 1. The molecule has 0 saturated carbocycles. The van der Waals surface area contributed by atoms with Gasteiger partial charge < -0.3 is 10.2 Å². The van der Waals surface area contributed by atoms with Gasteiger partial charge in [0, 0.05) is 32.2 Å². The molecule has 0 radical (unpaired) electrons. The van der Waals surface area contributed by atoms with Crippen molar-refractivity contribution in [1.82, 2.24) is 10.0 Å². The number of rotatable bonds is 5.